The number of benzene rings is 1. The molecule has 0 fully saturated rings. The van der Waals surface area contributed by atoms with Gasteiger partial charge >= 0.3 is 0 Å². The first-order chi connectivity index (χ1) is 11.4. The molecule has 0 radical (unpaired) electrons. The van der Waals surface area contributed by atoms with E-state index >= 15 is 0 Å². The summed E-state index contributed by atoms with van der Waals surface area (Å²) in [4.78, 5) is 11.6. The Kier molecular flexibility index (Phi) is 4.39. The van der Waals surface area contributed by atoms with Crippen LogP contribution in [0.15, 0.2) is 42.1 Å². The van der Waals surface area contributed by atoms with Crippen molar-refractivity contribution in [3.8, 4) is 5.82 Å². The molecule has 1 aromatic carbocycles. The summed E-state index contributed by atoms with van der Waals surface area (Å²) in [5.41, 5.74) is 0.590. The van der Waals surface area contributed by atoms with Gasteiger partial charge in [0, 0.05) is 11.1 Å². The van der Waals surface area contributed by atoms with E-state index in [0.717, 1.165) is 0 Å². The van der Waals surface area contributed by atoms with Gasteiger partial charge in [0.2, 0.25) is 0 Å². The van der Waals surface area contributed by atoms with E-state index in [1.54, 1.807) is 6.92 Å². The van der Waals surface area contributed by atoms with Crippen LogP contribution in [0.2, 0.25) is 10.0 Å². The van der Waals surface area contributed by atoms with Gasteiger partial charge in [-0.1, -0.05) is 23.2 Å². The van der Waals surface area contributed by atoms with Crippen LogP contribution in [-0.4, -0.2) is 33.2 Å². The minimum Gasteiger partial charge on any atom is -0.263 e. The lowest BCUT2D eigenvalue weighted by Crippen LogP contribution is -2.15. The standard InChI is InChI=1S/C13H10Cl2N6O2S/c1-8-2-11(10(15)3-9(8)14)24(22,23)20-12-4-13(18-6-17-12)21-7-16-5-19-21/h2-7H,1H3,(H,17,18,20). The molecule has 8 nitrogen and oxygen atoms in total. The molecule has 2 aromatic heterocycles. The highest BCUT2D eigenvalue weighted by Crippen LogP contribution is 2.29. The van der Waals surface area contributed by atoms with E-state index in [4.69, 9.17) is 23.2 Å². The molecular formula is C13H10Cl2N6O2S. The van der Waals surface area contributed by atoms with Crippen LogP contribution in [0.5, 0.6) is 0 Å². The summed E-state index contributed by atoms with van der Waals surface area (Å²) >= 11 is 11.9. The normalized spacial score (nSPS) is 11.5. The number of nitrogens with one attached hydrogen (secondary N) is 1. The van der Waals surface area contributed by atoms with Crippen molar-refractivity contribution < 1.29 is 8.42 Å². The number of hydrogen-bond acceptors (Lipinski definition) is 6. The maximum atomic E-state index is 12.5. The Morgan fingerprint density at radius 2 is 1.88 bits per heavy atom. The zero-order chi connectivity index (χ0) is 17.3. The van der Waals surface area contributed by atoms with Gasteiger partial charge in [0.1, 0.15) is 29.7 Å². The fourth-order valence-electron chi connectivity index (χ4n) is 1.88. The lowest BCUT2D eigenvalue weighted by atomic mass is 10.2. The summed E-state index contributed by atoms with van der Waals surface area (Å²) < 4.78 is 28.8. The third-order valence-electron chi connectivity index (χ3n) is 3.05. The molecule has 2 heterocycles. The molecule has 3 aromatic rings. The second-order valence-electron chi connectivity index (χ2n) is 4.74. The zero-order valence-corrected chi connectivity index (χ0v) is 14.5. The largest absolute Gasteiger partial charge is 0.264 e. The molecule has 0 aliphatic rings. The number of aryl methyl sites for hydroxylation is 1. The molecule has 0 spiro atoms. The van der Waals surface area contributed by atoms with Crippen LogP contribution in [0.4, 0.5) is 5.82 Å². The molecule has 11 heteroatoms. The second kappa shape index (κ2) is 6.34. The van der Waals surface area contributed by atoms with Crippen molar-refractivity contribution in [3.63, 3.8) is 0 Å². The van der Waals surface area contributed by atoms with Crippen molar-refractivity contribution in [1.82, 2.24) is 24.7 Å². The molecule has 24 heavy (non-hydrogen) atoms. The van der Waals surface area contributed by atoms with Gasteiger partial charge in [0.25, 0.3) is 10.0 Å². The van der Waals surface area contributed by atoms with Crippen LogP contribution in [0.3, 0.4) is 0 Å². The van der Waals surface area contributed by atoms with E-state index in [2.05, 4.69) is 24.8 Å². The first-order valence-electron chi connectivity index (χ1n) is 6.52. The van der Waals surface area contributed by atoms with Crippen LogP contribution in [0, 0.1) is 6.92 Å². The van der Waals surface area contributed by atoms with Gasteiger partial charge in [-0.2, -0.15) is 5.10 Å². The maximum absolute atomic E-state index is 12.5. The average molecular weight is 385 g/mol. The number of nitrogens with zero attached hydrogens (tertiary/aromatic N) is 5. The van der Waals surface area contributed by atoms with Crippen molar-refractivity contribution in [3.05, 3.63) is 52.8 Å². The maximum Gasteiger partial charge on any atom is 0.264 e. The lowest BCUT2D eigenvalue weighted by Gasteiger charge is -2.11. The second-order valence-corrected chi connectivity index (χ2v) is 7.20. The molecule has 0 bridgehead atoms. The van der Waals surface area contributed by atoms with Crippen LogP contribution in [0.25, 0.3) is 5.82 Å². The highest BCUT2D eigenvalue weighted by Gasteiger charge is 2.20. The number of anilines is 1. The van der Waals surface area contributed by atoms with Crippen molar-refractivity contribution in [2.24, 2.45) is 0 Å². The Labute approximate surface area is 147 Å². The highest BCUT2D eigenvalue weighted by molar-refractivity contribution is 7.92. The summed E-state index contributed by atoms with van der Waals surface area (Å²) in [6.45, 7) is 1.69. The Balaban J connectivity index is 1.96. The monoisotopic (exact) mass is 384 g/mol. The van der Waals surface area contributed by atoms with E-state index < -0.39 is 10.0 Å². The molecule has 1 N–H and O–H groups in total. The predicted octanol–water partition coefficient (Wildman–Crippen LogP) is 2.47. The van der Waals surface area contributed by atoms with Gasteiger partial charge in [-0.05, 0) is 24.6 Å². The summed E-state index contributed by atoms with van der Waals surface area (Å²) in [7, 11) is -3.94. The van der Waals surface area contributed by atoms with Crippen LogP contribution in [0.1, 0.15) is 5.56 Å². The number of sulfonamides is 1. The predicted molar refractivity (Wildman–Crippen MR) is 89.0 cm³/mol. The summed E-state index contributed by atoms with van der Waals surface area (Å²) in [5.74, 6) is 0.428. The van der Waals surface area contributed by atoms with Crippen LogP contribution >= 0.6 is 23.2 Å². The number of aromatic nitrogens is 5. The number of rotatable bonds is 4. The van der Waals surface area contributed by atoms with E-state index in [9.17, 15) is 8.42 Å². The molecule has 124 valence electrons. The number of halogens is 2. The van der Waals surface area contributed by atoms with Crippen molar-refractivity contribution in [1.29, 1.82) is 0 Å². The fourth-order valence-corrected chi connectivity index (χ4v) is 3.72. The van der Waals surface area contributed by atoms with Crippen LogP contribution < -0.4 is 4.72 Å². The van der Waals surface area contributed by atoms with Crippen molar-refractivity contribution >= 4 is 39.0 Å². The van der Waals surface area contributed by atoms with Gasteiger partial charge in [-0.25, -0.2) is 28.1 Å². The van der Waals surface area contributed by atoms with Gasteiger partial charge < -0.3 is 0 Å². The first kappa shape index (κ1) is 16.6. The first-order valence-corrected chi connectivity index (χ1v) is 8.76. The molecule has 0 atom stereocenters. The van der Waals surface area contributed by atoms with E-state index in [-0.39, 0.29) is 15.7 Å². The zero-order valence-electron chi connectivity index (χ0n) is 12.2. The Hall–Kier alpha value is -2.23. The van der Waals surface area contributed by atoms with Gasteiger partial charge in [0.15, 0.2) is 5.82 Å². The van der Waals surface area contributed by atoms with Gasteiger partial charge in [-0.15, -0.1) is 0 Å². The van der Waals surface area contributed by atoms with E-state index in [1.807, 2.05) is 0 Å². The van der Waals surface area contributed by atoms with Crippen molar-refractivity contribution in [2.75, 3.05) is 4.72 Å². The molecule has 0 amide bonds. The molecule has 3 rings (SSSR count). The van der Waals surface area contributed by atoms with Gasteiger partial charge in [0.05, 0.1) is 5.02 Å². The Morgan fingerprint density at radius 3 is 2.58 bits per heavy atom. The Morgan fingerprint density at radius 1 is 1.08 bits per heavy atom. The molecule has 0 saturated carbocycles. The molecule has 0 saturated heterocycles. The highest BCUT2D eigenvalue weighted by atomic mass is 35.5. The number of hydrogen-bond donors (Lipinski definition) is 1. The minimum absolute atomic E-state index is 0.0173. The molecular weight excluding hydrogens is 375 g/mol. The SMILES string of the molecule is Cc1cc(S(=O)(=O)Nc2cc(-n3cncn3)ncn2)c(Cl)cc1Cl. The summed E-state index contributed by atoms with van der Waals surface area (Å²) in [5, 5.41) is 4.32. The average Bonchev–Trinajstić information content (AvgIpc) is 3.05. The molecule has 0 aliphatic carbocycles. The third kappa shape index (κ3) is 3.32. The fraction of sp³-hybridized carbons (Fsp3) is 0.0769. The quantitative estimate of drug-likeness (QED) is 0.740. The summed E-state index contributed by atoms with van der Waals surface area (Å²) in [6, 6.07) is 4.20. The smallest absolute Gasteiger partial charge is 0.263 e. The molecule has 0 unspecified atom stereocenters. The molecule has 0 aliphatic heterocycles. The summed E-state index contributed by atoms with van der Waals surface area (Å²) in [6.07, 6.45) is 3.98. The van der Waals surface area contributed by atoms with Crippen LogP contribution in [-0.2, 0) is 10.0 Å². The lowest BCUT2D eigenvalue weighted by molar-refractivity contribution is 0.601. The van der Waals surface area contributed by atoms with Gasteiger partial charge in [-0.3, -0.25) is 4.72 Å². The topological polar surface area (TPSA) is 103 Å². The van der Waals surface area contributed by atoms with Crippen molar-refractivity contribution in [2.45, 2.75) is 11.8 Å². The third-order valence-corrected chi connectivity index (χ3v) is 5.27. The Bertz CT molecular complexity index is 992. The minimum atomic E-state index is -3.94. The van der Waals surface area contributed by atoms with E-state index in [0.29, 0.717) is 16.4 Å². The van der Waals surface area contributed by atoms with E-state index in [1.165, 1.54) is 41.9 Å².